The minimum absolute atomic E-state index is 0.0198. The minimum Gasteiger partial charge on any atom is -0.458 e. The van der Waals surface area contributed by atoms with E-state index >= 15 is 8.78 Å². The van der Waals surface area contributed by atoms with E-state index in [-0.39, 0.29) is 50.5 Å². The number of hydrogen-bond donors (Lipinski definition) is 0. The monoisotopic (exact) mass is 1190 g/mol. The number of ether oxygens (including phenoxy) is 8. The van der Waals surface area contributed by atoms with Gasteiger partial charge in [-0.05, 0) is 138 Å². The molecule has 4 amide bonds. The van der Waals surface area contributed by atoms with Crippen molar-refractivity contribution in [2.24, 2.45) is 11.8 Å². The standard InChI is InChI=1S/C61H92F2N4O17/c1-38(2)33-44(52(71)80-39(3)49(68)65(13)45(35-59(8,9)62)53(72)82-47(22-21-41-23-29-77-30-24-41)55(74)79-37-43-19-17-16-18-20-43)64(12)51(70)48(34-42-25-31-78-32-26-42)83-54(73)46(36-60(10,11)63)66(14)50(69)40(4)81-56(75)61(27-28-61)67(15)57(76)84-58(5,6)7/h16-20,23,38-40,42,44-48H,21-22,24-37H2,1-15H3/t39-,40-,44+,45+,46+,47-,48-/m1/s1. The number of nitrogens with zero attached hydrogens (tertiary/aromatic N) is 4. The number of likely N-dealkylation sites (N-methyl/N-ethyl adjacent to an activating group) is 4. The first-order chi connectivity index (χ1) is 39.0. The van der Waals surface area contributed by atoms with Gasteiger partial charge >= 0.3 is 35.9 Å². The summed E-state index contributed by atoms with van der Waals surface area (Å²) >= 11 is 0. The zero-order valence-electron chi connectivity index (χ0n) is 52.0. The van der Waals surface area contributed by atoms with E-state index in [2.05, 4.69) is 0 Å². The zero-order chi connectivity index (χ0) is 63.1. The molecule has 84 heavy (non-hydrogen) atoms. The Morgan fingerprint density at radius 3 is 1.64 bits per heavy atom. The van der Waals surface area contributed by atoms with Crippen LogP contribution in [0.1, 0.15) is 152 Å². The predicted octanol–water partition coefficient (Wildman–Crippen LogP) is 7.56. The van der Waals surface area contributed by atoms with E-state index in [1.54, 1.807) is 65.0 Å². The van der Waals surface area contributed by atoms with E-state index in [1.807, 2.05) is 6.08 Å². The van der Waals surface area contributed by atoms with Crippen molar-refractivity contribution in [3.63, 3.8) is 0 Å². The molecule has 4 rings (SSSR count). The first-order valence-electron chi connectivity index (χ1n) is 29.0. The third-order valence-electron chi connectivity index (χ3n) is 15.0. The molecule has 0 aromatic heterocycles. The lowest BCUT2D eigenvalue weighted by atomic mass is 9.92. The summed E-state index contributed by atoms with van der Waals surface area (Å²) in [6.45, 7) is 17.3. The van der Waals surface area contributed by atoms with Crippen molar-refractivity contribution in [3.05, 3.63) is 47.5 Å². The molecule has 472 valence electrons. The van der Waals surface area contributed by atoms with Crippen LogP contribution in [0.15, 0.2) is 42.0 Å². The van der Waals surface area contributed by atoms with Crippen molar-refractivity contribution in [2.75, 3.05) is 54.6 Å². The highest BCUT2D eigenvalue weighted by molar-refractivity contribution is 5.94. The average Bonchev–Trinajstić information content (AvgIpc) is 2.21. The normalized spacial score (nSPS) is 18.0. The fraction of sp³-hybridized carbons (Fsp3) is 0.721. The highest BCUT2D eigenvalue weighted by Gasteiger charge is 2.58. The van der Waals surface area contributed by atoms with Crippen LogP contribution < -0.4 is 0 Å². The lowest BCUT2D eigenvalue weighted by Gasteiger charge is -2.36. The van der Waals surface area contributed by atoms with E-state index in [9.17, 15) is 43.2 Å². The van der Waals surface area contributed by atoms with Crippen LogP contribution in [0.3, 0.4) is 0 Å². The summed E-state index contributed by atoms with van der Waals surface area (Å²) in [6, 6.07) is 4.15. The molecule has 7 atom stereocenters. The van der Waals surface area contributed by atoms with Crippen LogP contribution in [-0.2, 0) is 82.9 Å². The second-order valence-corrected chi connectivity index (χ2v) is 25.0. The van der Waals surface area contributed by atoms with E-state index in [4.69, 9.17) is 37.9 Å². The van der Waals surface area contributed by atoms with Gasteiger partial charge in [-0.15, -0.1) is 0 Å². The fourth-order valence-corrected chi connectivity index (χ4v) is 9.80. The van der Waals surface area contributed by atoms with Gasteiger partial charge in [-0.2, -0.15) is 0 Å². The maximum Gasteiger partial charge on any atom is 0.410 e. The molecule has 21 nitrogen and oxygen atoms in total. The van der Waals surface area contributed by atoms with Crippen molar-refractivity contribution < 1.29 is 89.8 Å². The molecule has 0 radical (unpaired) electrons. The van der Waals surface area contributed by atoms with Gasteiger partial charge in [-0.3, -0.25) is 19.3 Å². The van der Waals surface area contributed by atoms with Crippen LogP contribution in [0.2, 0.25) is 0 Å². The molecule has 0 N–H and O–H groups in total. The highest BCUT2D eigenvalue weighted by Crippen LogP contribution is 2.43. The summed E-state index contributed by atoms with van der Waals surface area (Å²) in [5, 5.41) is 0. The third-order valence-corrected chi connectivity index (χ3v) is 15.0. The summed E-state index contributed by atoms with van der Waals surface area (Å²) in [4.78, 5) is 130. The first kappa shape index (κ1) is 70.3. The second kappa shape index (κ2) is 30.7. The fourth-order valence-electron chi connectivity index (χ4n) is 9.80. The van der Waals surface area contributed by atoms with Crippen molar-refractivity contribution in [3.8, 4) is 0 Å². The number of esters is 5. The molecular formula is C61H92F2N4O17. The van der Waals surface area contributed by atoms with Crippen molar-refractivity contribution >= 4 is 53.7 Å². The van der Waals surface area contributed by atoms with Gasteiger partial charge < -0.3 is 52.6 Å². The molecule has 1 saturated carbocycles. The smallest absolute Gasteiger partial charge is 0.410 e. The second-order valence-electron chi connectivity index (χ2n) is 25.0. The average molecular weight is 1190 g/mol. The number of amides is 4. The van der Waals surface area contributed by atoms with Crippen LogP contribution in [-0.4, -0.2) is 193 Å². The van der Waals surface area contributed by atoms with Crippen LogP contribution in [0, 0.1) is 11.8 Å². The Balaban J connectivity index is 1.56. The van der Waals surface area contributed by atoms with Gasteiger partial charge in [0, 0.05) is 54.2 Å². The lowest BCUT2D eigenvalue weighted by Crippen LogP contribution is -2.54. The van der Waals surface area contributed by atoms with E-state index < -0.39 is 132 Å². The molecule has 1 saturated heterocycles. The minimum atomic E-state index is -2.10. The zero-order valence-corrected chi connectivity index (χ0v) is 52.0. The van der Waals surface area contributed by atoms with Crippen molar-refractivity contribution in [2.45, 2.75) is 218 Å². The Hall–Kier alpha value is -6.23. The summed E-state index contributed by atoms with van der Waals surface area (Å²) in [5.41, 5.74) is -4.75. The Morgan fingerprint density at radius 1 is 0.643 bits per heavy atom. The topological polar surface area (TPSA) is 240 Å². The van der Waals surface area contributed by atoms with E-state index in [1.165, 1.54) is 69.7 Å². The lowest BCUT2D eigenvalue weighted by molar-refractivity contribution is -0.177. The molecule has 2 aliphatic heterocycles. The van der Waals surface area contributed by atoms with Crippen molar-refractivity contribution in [1.29, 1.82) is 0 Å². The molecule has 0 spiro atoms. The summed E-state index contributed by atoms with van der Waals surface area (Å²) in [7, 11) is 5.11. The number of hydrogen-bond acceptors (Lipinski definition) is 17. The van der Waals surface area contributed by atoms with E-state index in [0.29, 0.717) is 57.7 Å². The van der Waals surface area contributed by atoms with Crippen LogP contribution >= 0.6 is 0 Å². The summed E-state index contributed by atoms with van der Waals surface area (Å²) in [6.07, 6.45) is -4.00. The number of carbonyl (C=O) groups is 9. The molecule has 2 heterocycles. The van der Waals surface area contributed by atoms with Gasteiger partial charge in [0.1, 0.15) is 47.2 Å². The molecule has 1 aromatic rings. The quantitative estimate of drug-likeness (QED) is 0.0427. The maximum atomic E-state index is 15.7. The highest BCUT2D eigenvalue weighted by atomic mass is 19.1. The van der Waals surface area contributed by atoms with Gasteiger partial charge in [0.25, 0.3) is 17.7 Å². The molecule has 0 bridgehead atoms. The Bertz CT molecular complexity index is 2460. The molecular weight excluding hydrogens is 1100 g/mol. The molecule has 1 aliphatic carbocycles. The molecule has 23 heteroatoms. The molecule has 1 aromatic carbocycles. The predicted molar refractivity (Wildman–Crippen MR) is 303 cm³/mol. The Kier molecular flexibility index (Phi) is 25.7. The van der Waals surface area contributed by atoms with Gasteiger partial charge in [0.2, 0.25) is 0 Å². The largest absolute Gasteiger partial charge is 0.458 e. The van der Waals surface area contributed by atoms with Crippen LogP contribution in [0.4, 0.5) is 13.6 Å². The first-order valence-corrected chi connectivity index (χ1v) is 29.0. The number of alkyl halides is 2. The molecule has 0 unspecified atom stereocenters. The van der Waals surface area contributed by atoms with E-state index in [0.717, 1.165) is 25.2 Å². The van der Waals surface area contributed by atoms with Gasteiger partial charge in [0.15, 0.2) is 24.4 Å². The van der Waals surface area contributed by atoms with Gasteiger partial charge in [-0.1, -0.05) is 55.8 Å². The SMILES string of the molecule is CC(C)C[C@@H](C(=O)O[C@H](C)C(=O)N(C)[C@@H](CC(C)(C)F)C(=O)O[C@H](CCC1=CCOCC1)C(=O)OCc1ccccc1)N(C)C(=O)[C@@H](CC1CCOCC1)OC(=O)[C@H](CC(C)(C)F)N(C)C(=O)[C@@H](C)OC(=O)C1(N(C)C(=O)OC(C)(C)C)CC1. The Labute approximate surface area is 494 Å². The van der Waals surface area contributed by atoms with Gasteiger partial charge in [0.05, 0.1) is 13.2 Å². The number of carbonyl (C=O) groups excluding carboxylic acids is 9. The van der Waals surface area contributed by atoms with Crippen LogP contribution in [0.25, 0.3) is 0 Å². The number of benzene rings is 1. The molecule has 2 fully saturated rings. The van der Waals surface area contributed by atoms with Gasteiger partial charge in [-0.25, -0.2) is 37.5 Å². The third kappa shape index (κ3) is 21.7. The van der Waals surface area contributed by atoms with Crippen molar-refractivity contribution in [1.82, 2.24) is 19.6 Å². The number of rotatable bonds is 29. The summed E-state index contributed by atoms with van der Waals surface area (Å²) in [5.74, 6) is -8.27. The number of halogens is 2. The summed E-state index contributed by atoms with van der Waals surface area (Å²) < 4.78 is 76.5. The maximum absolute atomic E-state index is 15.7. The van der Waals surface area contributed by atoms with Crippen LogP contribution in [0.5, 0.6) is 0 Å². The Morgan fingerprint density at radius 2 is 1.15 bits per heavy atom. The molecule has 3 aliphatic rings.